The van der Waals surface area contributed by atoms with Gasteiger partial charge in [-0.25, -0.2) is 9.37 Å². The van der Waals surface area contributed by atoms with Crippen molar-refractivity contribution in [3.8, 4) is 11.6 Å². The Hall–Kier alpha value is -4.02. The zero-order valence-corrected chi connectivity index (χ0v) is 17.0. The van der Waals surface area contributed by atoms with E-state index < -0.39 is 11.9 Å². The molecular weight excluding hydrogens is 413 g/mol. The molecule has 0 spiro atoms. The van der Waals surface area contributed by atoms with Crippen molar-refractivity contribution in [2.24, 2.45) is 5.73 Å². The Bertz CT molecular complexity index is 1300. The molecule has 1 aliphatic heterocycles. The van der Waals surface area contributed by atoms with Crippen molar-refractivity contribution in [1.29, 1.82) is 0 Å². The highest BCUT2D eigenvalue weighted by Gasteiger charge is 2.35. The first-order valence-corrected chi connectivity index (χ1v) is 10.4. The second-order valence-corrected chi connectivity index (χ2v) is 7.91. The van der Waals surface area contributed by atoms with E-state index in [1.807, 2.05) is 15.6 Å². The summed E-state index contributed by atoms with van der Waals surface area (Å²) in [6, 6.07) is 4.95. The predicted molar refractivity (Wildman–Crippen MR) is 113 cm³/mol. The molecule has 3 N–H and O–H groups in total. The van der Waals surface area contributed by atoms with Gasteiger partial charge in [-0.15, -0.1) is 5.10 Å². The second kappa shape index (κ2) is 7.29. The Morgan fingerprint density at radius 1 is 1.22 bits per heavy atom. The highest BCUT2D eigenvalue weighted by molar-refractivity contribution is 5.56. The van der Waals surface area contributed by atoms with E-state index in [-0.39, 0.29) is 5.69 Å². The van der Waals surface area contributed by atoms with Crippen molar-refractivity contribution in [3.63, 3.8) is 0 Å². The van der Waals surface area contributed by atoms with Crippen molar-refractivity contribution < 1.29 is 8.81 Å². The van der Waals surface area contributed by atoms with E-state index in [1.54, 1.807) is 12.5 Å². The summed E-state index contributed by atoms with van der Waals surface area (Å²) >= 11 is 0. The van der Waals surface area contributed by atoms with Crippen LogP contribution in [0.1, 0.15) is 42.0 Å². The lowest BCUT2D eigenvalue weighted by Crippen LogP contribution is -2.38. The number of aromatic amines is 1. The van der Waals surface area contributed by atoms with Crippen LogP contribution in [-0.2, 0) is 6.42 Å². The minimum atomic E-state index is -0.506. The highest BCUT2D eigenvalue weighted by atomic mass is 19.1. The molecule has 4 aromatic rings. The van der Waals surface area contributed by atoms with Crippen LogP contribution in [0.4, 0.5) is 10.4 Å². The number of nitrogens with zero attached hydrogens (tertiary/aromatic N) is 7. The number of halogens is 1. The maximum absolute atomic E-state index is 14.2. The number of anilines is 1. The molecule has 11 heteroatoms. The zero-order valence-electron chi connectivity index (χ0n) is 17.0. The minimum absolute atomic E-state index is 0.159. The van der Waals surface area contributed by atoms with Crippen LogP contribution in [0.3, 0.4) is 0 Å². The van der Waals surface area contributed by atoms with E-state index in [0.717, 1.165) is 29.9 Å². The Morgan fingerprint density at radius 3 is 2.97 bits per heavy atom. The van der Waals surface area contributed by atoms with E-state index in [1.165, 1.54) is 24.4 Å². The Kier molecular flexibility index (Phi) is 4.27. The van der Waals surface area contributed by atoms with Gasteiger partial charge in [-0.05, 0) is 37.1 Å². The first kappa shape index (κ1) is 18.7. The maximum atomic E-state index is 14.2. The molecule has 1 saturated carbocycles. The van der Waals surface area contributed by atoms with Crippen LogP contribution in [-0.4, -0.2) is 41.5 Å². The molecule has 4 aromatic heterocycles. The van der Waals surface area contributed by atoms with Gasteiger partial charge in [0.15, 0.2) is 0 Å². The van der Waals surface area contributed by atoms with E-state index in [9.17, 15) is 4.39 Å². The van der Waals surface area contributed by atoms with E-state index in [4.69, 9.17) is 10.2 Å². The number of nitrogens with one attached hydrogen (secondary N) is 1. The summed E-state index contributed by atoms with van der Waals surface area (Å²) in [6.45, 7) is 0.572. The zero-order chi connectivity index (χ0) is 21.7. The predicted octanol–water partition coefficient (Wildman–Crippen LogP) is 2.63. The summed E-state index contributed by atoms with van der Waals surface area (Å²) in [5.74, 6) is -0.0530. The number of nitrogens with two attached hydrogens (primary N) is 1. The van der Waals surface area contributed by atoms with E-state index in [0.29, 0.717) is 36.6 Å². The standard InChI is InChI=1S/C21H20FN9O/c22-13-2-1-7-24-16(13)10-14(23)19-18-15(25-11-26-18)6-9-30(19)21-29-28-20(32-21)17-5-8-27-31(17)12-3-4-12/h1-2,5,7-8,10-12,19H,3-4,6,9,23H2,(H,25,26)/b14-10-/t19-/m1/s1. The topological polar surface area (TPSA) is 128 Å². The molecule has 1 fully saturated rings. The number of aromatic nitrogens is 7. The monoisotopic (exact) mass is 433 g/mol. The first-order valence-electron chi connectivity index (χ1n) is 10.4. The number of imidazole rings is 1. The lowest BCUT2D eigenvalue weighted by atomic mass is 9.99. The summed E-state index contributed by atoms with van der Waals surface area (Å²) in [7, 11) is 0. The van der Waals surface area contributed by atoms with Crippen LogP contribution in [0.5, 0.6) is 0 Å². The first-order chi connectivity index (χ1) is 15.7. The number of H-pyrrole nitrogens is 1. The molecule has 0 saturated heterocycles. The fourth-order valence-electron chi connectivity index (χ4n) is 4.09. The fourth-order valence-corrected chi connectivity index (χ4v) is 4.09. The average Bonchev–Trinajstić information content (AvgIpc) is 3.21. The van der Waals surface area contributed by atoms with Crippen molar-refractivity contribution in [2.45, 2.75) is 31.3 Å². The summed E-state index contributed by atoms with van der Waals surface area (Å²) < 4.78 is 22.2. The number of pyridine rings is 1. The highest BCUT2D eigenvalue weighted by Crippen LogP contribution is 2.39. The molecule has 162 valence electrons. The van der Waals surface area contributed by atoms with Crippen molar-refractivity contribution in [3.05, 3.63) is 65.5 Å². The quantitative estimate of drug-likeness (QED) is 0.492. The molecule has 1 atom stereocenters. The third-order valence-corrected chi connectivity index (χ3v) is 5.77. The number of hydrogen-bond acceptors (Lipinski definition) is 8. The summed E-state index contributed by atoms with van der Waals surface area (Å²) in [5.41, 5.74) is 9.51. The molecule has 0 aromatic carbocycles. The van der Waals surface area contributed by atoms with Crippen molar-refractivity contribution in [2.75, 3.05) is 11.4 Å². The Labute approximate surface area is 182 Å². The maximum Gasteiger partial charge on any atom is 0.319 e. The van der Waals surface area contributed by atoms with Gasteiger partial charge in [-0.2, -0.15) is 5.10 Å². The van der Waals surface area contributed by atoms with Gasteiger partial charge in [0.25, 0.3) is 5.89 Å². The van der Waals surface area contributed by atoms with Crippen LogP contribution in [0.25, 0.3) is 17.7 Å². The van der Waals surface area contributed by atoms with Gasteiger partial charge in [-0.3, -0.25) is 9.67 Å². The summed E-state index contributed by atoms with van der Waals surface area (Å²) in [5, 5.41) is 12.9. The molecule has 5 heterocycles. The SMILES string of the molecule is N/C(=C\c1ncccc1F)[C@@H]1c2nc[nH]c2CCN1c1nnc(-c2ccnn2C2CC2)o1. The smallest absolute Gasteiger partial charge is 0.319 e. The third kappa shape index (κ3) is 3.13. The van der Waals surface area contributed by atoms with Gasteiger partial charge in [0.2, 0.25) is 0 Å². The molecule has 0 radical (unpaired) electrons. The average molecular weight is 433 g/mol. The van der Waals surface area contributed by atoms with Crippen LogP contribution in [0.15, 0.2) is 47.0 Å². The van der Waals surface area contributed by atoms with E-state index in [2.05, 4.69) is 30.2 Å². The minimum Gasteiger partial charge on any atom is -0.402 e. The van der Waals surface area contributed by atoms with Crippen molar-refractivity contribution in [1.82, 2.24) is 34.9 Å². The number of fused-ring (bicyclic) bond motifs is 1. The Morgan fingerprint density at radius 2 is 2.12 bits per heavy atom. The van der Waals surface area contributed by atoms with Gasteiger partial charge >= 0.3 is 6.01 Å². The molecule has 2 aliphatic rings. The number of hydrogen-bond donors (Lipinski definition) is 2. The lowest BCUT2D eigenvalue weighted by Gasteiger charge is -2.33. The fraction of sp³-hybridized carbons (Fsp3) is 0.286. The summed E-state index contributed by atoms with van der Waals surface area (Å²) in [6.07, 6.45) is 9.30. The van der Waals surface area contributed by atoms with Gasteiger partial charge < -0.3 is 20.0 Å². The molecule has 32 heavy (non-hydrogen) atoms. The normalized spacial score (nSPS) is 18.7. The third-order valence-electron chi connectivity index (χ3n) is 5.77. The second-order valence-electron chi connectivity index (χ2n) is 7.91. The lowest BCUT2D eigenvalue weighted by molar-refractivity contribution is 0.499. The van der Waals surface area contributed by atoms with Crippen molar-refractivity contribution >= 4 is 12.1 Å². The molecule has 0 bridgehead atoms. The molecule has 6 rings (SSSR count). The van der Waals surface area contributed by atoms with Gasteiger partial charge in [0, 0.05) is 36.8 Å². The van der Waals surface area contributed by atoms with Crippen LogP contribution in [0, 0.1) is 5.82 Å². The summed E-state index contributed by atoms with van der Waals surface area (Å²) in [4.78, 5) is 13.6. The molecular formula is C21H20FN9O. The van der Waals surface area contributed by atoms with Crippen LogP contribution >= 0.6 is 0 Å². The van der Waals surface area contributed by atoms with Gasteiger partial charge in [0.1, 0.15) is 23.2 Å². The van der Waals surface area contributed by atoms with Gasteiger partial charge in [-0.1, -0.05) is 5.10 Å². The molecule has 10 nitrogen and oxygen atoms in total. The largest absolute Gasteiger partial charge is 0.402 e. The van der Waals surface area contributed by atoms with Gasteiger partial charge in [0.05, 0.1) is 18.1 Å². The molecule has 0 amide bonds. The van der Waals surface area contributed by atoms with E-state index >= 15 is 0 Å². The Balaban J connectivity index is 1.38. The van der Waals surface area contributed by atoms with Crippen LogP contribution < -0.4 is 10.6 Å². The molecule has 1 aliphatic carbocycles. The van der Waals surface area contributed by atoms with Crippen LogP contribution in [0.2, 0.25) is 0 Å². The molecule has 0 unspecified atom stereocenters. The number of rotatable bonds is 5.